The summed E-state index contributed by atoms with van der Waals surface area (Å²) in [5, 5.41) is 12.5. The predicted molar refractivity (Wildman–Crippen MR) is 181 cm³/mol. The third-order valence-electron chi connectivity index (χ3n) is 8.04. The van der Waals surface area contributed by atoms with E-state index < -0.39 is 16.1 Å². The lowest BCUT2D eigenvalue weighted by molar-refractivity contribution is 0.123. The Labute approximate surface area is 284 Å². The molecule has 2 heterocycles. The minimum atomic E-state index is -3.99. The molecule has 0 bridgehead atoms. The molecule has 0 saturated heterocycles. The number of urea groups is 1. The Morgan fingerprint density at radius 3 is 2.47 bits per heavy atom. The number of halogens is 2. The van der Waals surface area contributed by atoms with Crippen LogP contribution >= 0.6 is 23.2 Å². The van der Waals surface area contributed by atoms with Crippen molar-refractivity contribution in [2.45, 2.75) is 55.8 Å². The first-order valence-corrected chi connectivity index (χ1v) is 17.2. The number of sulfonamides is 1. The Hall–Kier alpha value is -3.66. The molecule has 2 atom stereocenters. The van der Waals surface area contributed by atoms with Gasteiger partial charge in [-0.3, -0.25) is 15.1 Å². The fourth-order valence-corrected chi connectivity index (χ4v) is 7.03. The highest BCUT2D eigenvalue weighted by atomic mass is 35.5. The fraction of sp³-hybridized carbons (Fsp3) is 0.387. The number of methoxy groups -OCH3 is 2. The second-order valence-corrected chi connectivity index (χ2v) is 13.4. The van der Waals surface area contributed by atoms with Crippen LogP contribution in [0.4, 0.5) is 22.2 Å². The quantitative estimate of drug-likeness (QED) is 0.124. The van der Waals surface area contributed by atoms with E-state index in [0.29, 0.717) is 36.2 Å². The van der Waals surface area contributed by atoms with Gasteiger partial charge in [-0.1, -0.05) is 54.3 Å². The fourth-order valence-electron chi connectivity index (χ4n) is 5.74. The molecule has 1 fully saturated rings. The first kappa shape index (κ1) is 34.7. The van der Waals surface area contributed by atoms with E-state index in [1.165, 1.54) is 42.2 Å². The van der Waals surface area contributed by atoms with Crippen LogP contribution in [0.1, 0.15) is 36.8 Å². The third-order valence-corrected chi connectivity index (χ3v) is 9.68. The van der Waals surface area contributed by atoms with E-state index in [4.69, 9.17) is 47.5 Å². The molecule has 47 heavy (non-hydrogen) atoms. The van der Waals surface area contributed by atoms with Crippen LogP contribution in [0.15, 0.2) is 54.1 Å². The average molecular weight is 707 g/mol. The van der Waals surface area contributed by atoms with Gasteiger partial charge in [0.1, 0.15) is 27.4 Å². The number of amides is 2. The number of carbonyl (C=O) groups is 1. The number of ether oxygens (including phenoxy) is 3. The van der Waals surface area contributed by atoms with Gasteiger partial charge in [-0.2, -0.15) is 4.98 Å². The summed E-state index contributed by atoms with van der Waals surface area (Å²) in [6.45, 7) is 4.50. The van der Waals surface area contributed by atoms with Gasteiger partial charge in [0.25, 0.3) is 0 Å². The zero-order valence-electron chi connectivity index (χ0n) is 26.0. The summed E-state index contributed by atoms with van der Waals surface area (Å²) in [6.07, 6.45) is 7.31. The summed E-state index contributed by atoms with van der Waals surface area (Å²) in [6, 6.07) is 7.23. The lowest BCUT2D eigenvalue weighted by Gasteiger charge is -2.37. The molecule has 16 heteroatoms. The van der Waals surface area contributed by atoms with Crippen molar-refractivity contribution >= 4 is 56.7 Å². The molecule has 1 aromatic heterocycles. The van der Waals surface area contributed by atoms with E-state index in [-0.39, 0.29) is 57.3 Å². The molecule has 0 spiro atoms. The molecule has 1 aliphatic carbocycles. The predicted octanol–water partition coefficient (Wildman–Crippen LogP) is 5.07. The number of carbonyl (C=O) groups excluding carboxylic acids is 1. The van der Waals surface area contributed by atoms with Crippen LogP contribution in [-0.4, -0.2) is 64.1 Å². The number of nitrogens with two attached hydrogens (primary N) is 1. The van der Waals surface area contributed by atoms with E-state index in [1.54, 1.807) is 24.4 Å². The van der Waals surface area contributed by atoms with E-state index in [2.05, 4.69) is 22.2 Å². The van der Waals surface area contributed by atoms with Gasteiger partial charge in [0.2, 0.25) is 16.0 Å². The molecule has 0 unspecified atom stereocenters. The molecule has 252 valence electrons. The van der Waals surface area contributed by atoms with Crippen molar-refractivity contribution in [2.24, 2.45) is 5.14 Å². The van der Waals surface area contributed by atoms with Crippen molar-refractivity contribution in [3.05, 3.63) is 70.4 Å². The average Bonchev–Trinajstić information content (AvgIpc) is 3.05. The first-order valence-electron chi connectivity index (χ1n) is 14.9. The molecule has 3 aromatic rings. The molecule has 1 aliphatic heterocycles. The number of nitrogens with zero attached hydrogens (tertiary/aromatic N) is 4. The summed E-state index contributed by atoms with van der Waals surface area (Å²) >= 11 is 13.5. The molecule has 0 radical (unpaired) electrons. The number of hydrogen-bond acceptors (Lipinski definition) is 10. The summed E-state index contributed by atoms with van der Waals surface area (Å²) in [5.74, 6) is 1.21. The van der Waals surface area contributed by atoms with Gasteiger partial charge in [-0.25, -0.2) is 23.3 Å². The Bertz CT molecular complexity index is 1720. The summed E-state index contributed by atoms with van der Waals surface area (Å²) in [5.41, 5.74) is 1.28. The minimum absolute atomic E-state index is 0.0201. The van der Waals surface area contributed by atoms with Crippen molar-refractivity contribution < 1.29 is 27.4 Å². The normalized spacial score (nSPS) is 18.1. The monoisotopic (exact) mass is 705 g/mol. The van der Waals surface area contributed by atoms with Crippen molar-refractivity contribution in [1.29, 1.82) is 0 Å². The van der Waals surface area contributed by atoms with Crippen LogP contribution in [0.5, 0.6) is 11.5 Å². The maximum atomic E-state index is 14.4. The minimum Gasteiger partial charge on any atom is -0.495 e. The van der Waals surface area contributed by atoms with Crippen molar-refractivity contribution in [3.63, 3.8) is 0 Å². The smallest absolute Gasteiger partial charge is 0.330 e. The van der Waals surface area contributed by atoms with Crippen molar-refractivity contribution in [2.75, 3.05) is 42.7 Å². The second kappa shape index (κ2) is 15.0. The molecule has 5 rings (SSSR count). The molecule has 4 N–H and O–H groups in total. The Balaban J connectivity index is 1.53. The molecular weight excluding hydrogens is 669 g/mol. The van der Waals surface area contributed by atoms with Crippen LogP contribution in [-0.2, 0) is 27.8 Å². The number of rotatable bonds is 13. The van der Waals surface area contributed by atoms with Crippen LogP contribution in [0.25, 0.3) is 0 Å². The standard InChI is InChI=1S/C31H37Cl2N7O6S/c1-4-12-46-18-36-22-10-5-6-11-23(22)37-30-35-15-20-17-39(28-26(32)24(44-2)14-25(45-3)27(28)33)31(41)40(29(20)38-30)16-19-8-7-9-21(13-19)47(34,42)43/h4,7-9,13-15,22-23,36H,1,5-6,10-12,16-18H2,2-3H3,(H2,34,42,43)(H,35,37,38)/t22-,23+/m0/s1. The number of nitrogens with one attached hydrogen (secondary N) is 2. The highest BCUT2D eigenvalue weighted by Gasteiger charge is 2.37. The number of primary sulfonamides is 1. The number of benzene rings is 2. The maximum Gasteiger partial charge on any atom is 0.330 e. The van der Waals surface area contributed by atoms with E-state index >= 15 is 0 Å². The van der Waals surface area contributed by atoms with Crippen LogP contribution in [0.3, 0.4) is 0 Å². The summed E-state index contributed by atoms with van der Waals surface area (Å²) in [4.78, 5) is 26.6. The third kappa shape index (κ3) is 7.74. The maximum absolute atomic E-state index is 14.4. The largest absolute Gasteiger partial charge is 0.495 e. The van der Waals surface area contributed by atoms with E-state index in [0.717, 1.165) is 25.7 Å². The molecule has 2 amide bonds. The Morgan fingerprint density at radius 1 is 1.11 bits per heavy atom. The SMILES string of the molecule is C=CCOCN[C@H]1CCCC[C@H]1Nc1ncc2c(n1)N(Cc1cccc(S(N)(=O)=O)c1)C(=O)N(c1c(Cl)c(OC)cc(OC)c1Cl)C2. The lowest BCUT2D eigenvalue weighted by atomic mass is 9.90. The summed E-state index contributed by atoms with van der Waals surface area (Å²) in [7, 11) is -1.10. The zero-order chi connectivity index (χ0) is 33.7. The molecule has 1 saturated carbocycles. The Kier molecular flexibility index (Phi) is 11.1. The van der Waals surface area contributed by atoms with Crippen LogP contribution in [0, 0.1) is 0 Å². The number of aromatic nitrogens is 2. The van der Waals surface area contributed by atoms with Crippen LogP contribution < -0.4 is 35.0 Å². The van der Waals surface area contributed by atoms with Gasteiger partial charge in [-0.05, 0) is 30.5 Å². The lowest BCUT2D eigenvalue weighted by Crippen LogP contribution is -2.48. The van der Waals surface area contributed by atoms with Crippen LogP contribution in [0.2, 0.25) is 10.0 Å². The van der Waals surface area contributed by atoms with Gasteiger partial charge in [0.15, 0.2) is 0 Å². The zero-order valence-corrected chi connectivity index (χ0v) is 28.4. The van der Waals surface area contributed by atoms with Gasteiger partial charge in [-0.15, -0.1) is 6.58 Å². The number of anilines is 3. The number of hydrogen-bond donors (Lipinski definition) is 3. The van der Waals surface area contributed by atoms with Crippen molar-refractivity contribution in [1.82, 2.24) is 15.3 Å². The molecule has 13 nitrogen and oxygen atoms in total. The molecular formula is C31H37Cl2N7O6S. The van der Waals surface area contributed by atoms with Gasteiger partial charge in [0.05, 0.1) is 51.2 Å². The molecule has 2 aromatic carbocycles. The Morgan fingerprint density at radius 2 is 1.81 bits per heavy atom. The van der Waals surface area contributed by atoms with E-state index in [1.807, 2.05) is 0 Å². The van der Waals surface area contributed by atoms with E-state index in [9.17, 15) is 13.2 Å². The number of fused-ring (bicyclic) bond motifs is 1. The molecule has 2 aliphatic rings. The highest BCUT2D eigenvalue weighted by molar-refractivity contribution is 7.89. The van der Waals surface area contributed by atoms with Crippen molar-refractivity contribution in [3.8, 4) is 11.5 Å². The topological polar surface area (TPSA) is 161 Å². The van der Waals surface area contributed by atoms with Gasteiger partial charge in [0, 0.05) is 29.9 Å². The second-order valence-electron chi connectivity index (χ2n) is 11.1. The first-order chi connectivity index (χ1) is 22.5. The van der Waals surface area contributed by atoms with Gasteiger partial charge < -0.3 is 19.5 Å². The summed E-state index contributed by atoms with van der Waals surface area (Å²) < 4.78 is 40.7. The van der Waals surface area contributed by atoms with Gasteiger partial charge >= 0.3 is 6.03 Å². The highest BCUT2D eigenvalue weighted by Crippen LogP contribution is 2.48.